The summed E-state index contributed by atoms with van der Waals surface area (Å²) in [6.45, 7) is 0.609. The van der Waals surface area contributed by atoms with Crippen molar-refractivity contribution >= 4 is 29.5 Å². The van der Waals surface area contributed by atoms with E-state index in [4.69, 9.17) is 21.7 Å². The molecule has 2 N–H and O–H groups in total. The van der Waals surface area contributed by atoms with Gasteiger partial charge in [-0.15, -0.1) is 0 Å². The van der Waals surface area contributed by atoms with E-state index in [0.717, 1.165) is 11.1 Å². The molecule has 7 heteroatoms. The van der Waals surface area contributed by atoms with Crippen molar-refractivity contribution < 1.29 is 14.3 Å². The van der Waals surface area contributed by atoms with Crippen LogP contribution in [0.2, 0.25) is 0 Å². The van der Waals surface area contributed by atoms with Gasteiger partial charge in [-0.3, -0.25) is 5.43 Å². The summed E-state index contributed by atoms with van der Waals surface area (Å²) >= 11 is 5.21. The summed E-state index contributed by atoms with van der Waals surface area (Å²) < 4.78 is 10.8. The highest BCUT2D eigenvalue weighted by Gasteiger charge is 2.12. The summed E-state index contributed by atoms with van der Waals surface area (Å²) in [7, 11) is 1.51. The minimum Gasteiger partial charge on any atom is -0.493 e. The fourth-order valence-electron chi connectivity index (χ4n) is 2.56. The maximum Gasteiger partial charge on any atom is 0.343 e. The van der Waals surface area contributed by atoms with Gasteiger partial charge in [-0.2, -0.15) is 5.10 Å². The van der Waals surface area contributed by atoms with Gasteiger partial charge in [0.2, 0.25) is 0 Å². The molecule has 3 rings (SSSR count). The van der Waals surface area contributed by atoms with Crippen LogP contribution in [0.5, 0.6) is 11.5 Å². The molecule has 152 valence electrons. The summed E-state index contributed by atoms with van der Waals surface area (Å²) in [5.74, 6) is 0.302. The number of hydrogen-bond donors (Lipinski definition) is 2. The molecular formula is C23H21N3O3S. The Hall–Kier alpha value is -3.71. The molecule has 0 aliphatic heterocycles. The molecule has 0 saturated carbocycles. The fourth-order valence-corrected chi connectivity index (χ4v) is 2.69. The van der Waals surface area contributed by atoms with Crippen molar-refractivity contribution in [3.8, 4) is 11.5 Å². The SMILES string of the molecule is COc1cc(/C=N/NC(=S)NCc2ccccc2)ccc1OC(=O)c1ccccc1. The Morgan fingerprint density at radius 3 is 2.40 bits per heavy atom. The maximum atomic E-state index is 12.2. The molecule has 0 aromatic heterocycles. The topological polar surface area (TPSA) is 71.9 Å². The molecule has 30 heavy (non-hydrogen) atoms. The normalized spacial score (nSPS) is 10.4. The second kappa shape index (κ2) is 10.7. The Kier molecular flexibility index (Phi) is 7.51. The van der Waals surface area contributed by atoms with E-state index in [0.29, 0.717) is 28.7 Å². The molecular weight excluding hydrogens is 398 g/mol. The molecule has 0 heterocycles. The minimum atomic E-state index is -0.452. The van der Waals surface area contributed by atoms with Crippen LogP contribution in [0.1, 0.15) is 21.5 Å². The van der Waals surface area contributed by atoms with E-state index in [2.05, 4.69) is 15.8 Å². The first-order valence-corrected chi connectivity index (χ1v) is 9.62. The number of hydrogen-bond acceptors (Lipinski definition) is 5. The number of ether oxygens (including phenoxy) is 2. The van der Waals surface area contributed by atoms with Crippen LogP contribution < -0.4 is 20.2 Å². The number of benzene rings is 3. The van der Waals surface area contributed by atoms with Crippen molar-refractivity contribution in [2.45, 2.75) is 6.54 Å². The molecule has 0 atom stereocenters. The molecule has 0 spiro atoms. The molecule has 0 saturated heterocycles. The summed E-state index contributed by atoms with van der Waals surface area (Å²) in [5.41, 5.74) is 5.11. The van der Waals surface area contributed by atoms with E-state index < -0.39 is 5.97 Å². The van der Waals surface area contributed by atoms with Crippen molar-refractivity contribution in [2.75, 3.05) is 7.11 Å². The molecule has 0 aliphatic carbocycles. The smallest absolute Gasteiger partial charge is 0.343 e. The average Bonchev–Trinajstić information content (AvgIpc) is 2.79. The van der Waals surface area contributed by atoms with Gasteiger partial charge in [0.05, 0.1) is 18.9 Å². The van der Waals surface area contributed by atoms with E-state index in [1.165, 1.54) is 7.11 Å². The van der Waals surface area contributed by atoms with E-state index >= 15 is 0 Å². The Morgan fingerprint density at radius 1 is 1.00 bits per heavy atom. The molecule has 0 bridgehead atoms. The lowest BCUT2D eigenvalue weighted by molar-refractivity contribution is 0.0729. The fraction of sp³-hybridized carbons (Fsp3) is 0.0870. The van der Waals surface area contributed by atoms with Crippen LogP contribution in [0.25, 0.3) is 0 Å². The van der Waals surface area contributed by atoms with Gasteiger partial charge in [0.25, 0.3) is 0 Å². The zero-order valence-electron chi connectivity index (χ0n) is 16.4. The highest BCUT2D eigenvalue weighted by Crippen LogP contribution is 2.28. The van der Waals surface area contributed by atoms with Gasteiger partial charge in [-0.25, -0.2) is 4.79 Å². The standard InChI is InChI=1S/C23H21N3O3S/c1-28-21-14-18(12-13-20(21)29-22(27)19-10-6-3-7-11-19)16-25-26-23(30)24-15-17-8-4-2-5-9-17/h2-14,16H,15H2,1H3,(H2,24,26,30)/b25-16+. The van der Waals surface area contributed by atoms with Gasteiger partial charge >= 0.3 is 5.97 Å². The van der Waals surface area contributed by atoms with Crippen LogP contribution in [0.3, 0.4) is 0 Å². The third-order valence-corrected chi connectivity index (χ3v) is 4.31. The highest BCUT2D eigenvalue weighted by molar-refractivity contribution is 7.80. The predicted molar refractivity (Wildman–Crippen MR) is 121 cm³/mol. The molecule has 3 aromatic rings. The lowest BCUT2D eigenvalue weighted by atomic mass is 10.2. The van der Waals surface area contributed by atoms with Crippen molar-refractivity contribution in [1.29, 1.82) is 0 Å². The number of carbonyl (C=O) groups excluding carboxylic acids is 1. The van der Waals surface area contributed by atoms with Gasteiger partial charge < -0.3 is 14.8 Å². The van der Waals surface area contributed by atoms with Gasteiger partial charge in [0.15, 0.2) is 16.6 Å². The Labute approximate surface area is 180 Å². The van der Waals surface area contributed by atoms with Crippen LogP contribution in [-0.2, 0) is 6.54 Å². The first-order chi connectivity index (χ1) is 14.7. The second-order valence-corrected chi connectivity index (χ2v) is 6.61. The molecule has 0 unspecified atom stereocenters. The second-order valence-electron chi connectivity index (χ2n) is 6.20. The van der Waals surface area contributed by atoms with Crippen LogP contribution in [0, 0.1) is 0 Å². The van der Waals surface area contributed by atoms with Crippen molar-refractivity contribution in [1.82, 2.24) is 10.7 Å². The molecule has 3 aromatic carbocycles. The largest absolute Gasteiger partial charge is 0.493 e. The third-order valence-electron chi connectivity index (χ3n) is 4.08. The number of esters is 1. The average molecular weight is 420 g/mol. The Morgan fingerprint density at radius 2 is 1.70 bits per heavy atom. The van der Waals surface area contributed by atoms with Crippen LogP contribution in [0.4, 0.5) is 0 Å². The zero-order chi connectivity index (χ0) is 21.2. The summed E-state index contributed by atoms with van der Waals surface area (Å²) in [6, 6.07) is 23.8. The number of thiocarbonyl (C=S) groups is 1. The molecule has 0 radical (unpaired) electrons. The lowest BCUT2D eigenvalue weighted by Crippen LogP contribution is -2.31. The number of methoxy groups -OCH3 is 1. The quantitative estimate of drug-likeness (QED) is 0.199. The number of nitrogens with one attached hydrogen (secondary N) is 2. The number of carbonyl (C=O) groups is 1. The number of hydrazone groups is 1. The lowest BCUT2D eigenvalue weighted by Gasteiger charge is -2.10. The van der Waals surface area contributed by atoms with Gasteiger partial charge in [-0.1, -0.05) is 48.5 Å². The first-order valence-electron chi connectivity index (χ1n) is 9.22. The summed E-state index contributed by atoms with van der Waals surface area (Å²) in [4.78, 5) is 12.2. The van der Waals surface area contributed by atoms with E-state index in [1.54, 1.807) is 48.7 Å². The first kappa shape index (κ1) is 21.0. The molecule has 6 nitrogen and oxygen atoms in total. The molecule has 0 amide bonds. The van der Waals surface area contributed by atoms with Gasteiger partial charge in [-0.05, 0) is 53.7 Å². The van der Waals surface area contributed by atoms with Crippen molar-refractivity contribution in [3.63, 3.8) is 0 Å². The van der Waals surface area contributed by atoms with Crippen LogP contribution in [-0.4, -0.2) is 24.4 Å². The summed E-state index contributed by atoms with van der Waals surface area (Å²) in [6.07, 6.45) is 1.60. The third kappa shape index (κ3) is 6.15. The monoisotopic (exact) mass is 419 g/mol. The van der Waals surface area contributed by atoms with Crippen molar-refractivity contribution in [3.05, 3.63) is 95.6 Å². The minimum absolute atomic E-state index is 0.330. The number of rotatable bonds is 7. The van der Waals surface area contributed by atoms with Gasteiger partial charge in [0.1, 0.15) is 0 Å². The van der Waals surface area contributed by atoms with Crippen LogP contribution in [0.15, 0.2) is 84.0 Å². The van der Waals surface area contributed by atoms with Crippen LogP contribution >= 0.6 is 12.2 Å². The molecule has 0 fully saturated rings. The van der Waals surface area contributed by atoms with E-state index in [9.17, 15) is 4.79 Å². The summed E-state index contributed by atoms with van der Waals surface area (Å²) in [5, 5.41) is 7.62. The van der Waals surface area contributed by atoms with Crippen molar-refractivity contribution in [2.24, 2.45) is 5.10 Å². The van der Waals surface area contributed by atoms with E-state index in [-0.39, 0.29) is 0 Å². The number of nitrogens with zero attached hydrogens (tertiary/aromatic N) is 1. The predicted octanol–water partition coefficient (Wildman–Crippen LogP) is 3.91. The maximum absolute atomic E-state index is 12.2. The van der Waals surface area contributed by atoms with Gasteiger partial charge in [0, 0.05) is 6.54 Å². The van der Waals surface area contributed by atoms with E-state index in [1.807, 2.05) is 36.4 Å². The highest BCUT2D eigenvalue weighted by atomic mass is 32.1. The Bertz CT molecular complexity index is 1020. The zero-order valence-corrected chi connectivity index (χ0v) is 17.2. The molecule has 0 aliphatic rings. The Balaban J connectivity index is 1.56.